The Morgan fingerprint density at radius 1 is 1.19 bits per heavy atom. The Bertz CT molecular complexity index is 598. The molecule has 1 aliphatic carbocycles. The number of pyridine rings is 1. The summed E-state index contributed by atoms with van der Waals surface area (Å²) in [6.07, 6.45) is 8.38. The minimum absolute atomic E-state index is 0.440. The van der Waals surface area contributed by atoms with Gasteiger partial charge in [-0.05, 0) is 42.9 Å². The molecule has 2 nitrogen and oxygen atoms in total. The van der Waals surface area contributed by atoms with Crippen molar-refractivity contribution in [3.8, 4) is 0 Å². The third-order valence-corrected chi connectivity index (χ3v) is 5.01. The zero-order valence-corrected chi connectivity index (χ0v) is 13.2. The molecule has 1 aromatic carbocycles. The summed E-state index contributed by atoms with van der Waals surface area (Å²) >= 11 is 0. The highest BCUT2D eigenvalue weighted by Crippen LogP contribution is 2.35. The van der Waals surface area contributed by atoms with Gasteiger partial charge in [0.15, 0.2) is 0 Å². The molecular formula is C19H26N2. The van der Waals surface area contributed by atoms with E-state index in [0.29, 0.717) is 11.5 Å². The van der Waals surface area contributed by atoms with Crippen molar-refractivity contribution in [2.24, 2.45) is 5.41 Å². The molecule has 0 saturated heterocycles. The van der Waals surface area contributed by atoms with Crippen LogP contribution in [0.25, 0.3) is 10.9 Å². The summed E-state index contributed by atoms with van der Waals surface area (Å²) < 4.78 is 0. The lowest BCUT2D eigenvalue weighted by molar-refractivity contribution is 0.169. The van der Waals surface area contributed by atoms with E-state index in [9.17, 15) is 0 Å². The van der Waals surface area contributed by atoms with Crippen LogP contribution in [0.5, 0.6) is 0 Å². The first-order chi connectivity index (χ1) is 10.2. The molecule has 1 atom stereocenters. The van der Waals surface area contributed by atoms with Crippen molar-refractivity contribution in [1.82, 2.24) is 10.3 Å². The quantitative estimate of drug-likeness (QED) is 0.902. The molecule has 1 N–H and O–H groups in total. The lowest BCUT2D eigenvalue weighted by Crippen LogP contribution is -2.44. The number of para-hydroxylation sites is 1. The molecule has 0 amide bonds. The number of rotatable bonds is 4. The molecule has 1 heterocycles. The fourth-order valence-electron chi connectivity index (χ4n) is 3.62. The average Bonchev–Trinajstić information content (AvgIpc) is 2.49. The largest absolute Gasteiger partial charge is 0.313 e. The summed E-state index contributed by atoms with van der Waals surface area (Å²) in [6.45, 7) is 5.86. The first-order valence-corrected chi connectivity index (χ1v) is 8.23. The fourth-order valence-corrected chi connectivity index (χ4v) is 3.62. The maximum absolute atomic E-state index is 4.55. The van der Waals surface area contributed by atoms with Crippen LogP contribution < -0.4 is 5.32 Å². The van der Waals surface area contributed by atoms with E-state index >= 15 is 0 Å². The summed E-state index contributed by atoms with van der Waals surface area (Å²) in [5.41, 5.74) is 2.95. The van der Waals surface area contributed by atoms with Gasteiger partial charge in [0.1, 0.15) is 0 Å². The zero-order chi connectivity index (χ0) is 14.7. The van der Waals surface area contributed by atoms with Crippen LogP contribution >= 0.6 is 0 Å². The predicted octanol–water partition coefficient (Wildman–Crippen LogP) is 4.34. The Hall–Kier alpha value is -1.41. The van der Waals surface area contributed by atoms with Gasteiger partial charge in [-0.15, -0.1) is 0 Å². The van der Waals surface area contributed by atoms with Gasteiger partial charge >= 0.3 is 0 Å². The molecule has 1 saturated carbocycles. The van der Waals surface area contributed by atoms with Crippen molar-refractivity contribution in [2.75, 3.05) is 6.54 Å². The molecule has 0 aliphatic heterocycles. The lowest BCUT2D eigenvalue weighted by Gasteiger charge is -2.39. The minimum atomic E-state index is 0.440. The second kappa shape index (κ2) is 6.15. The van der Waals surface area contributed by atoms with E-state index in [4.69, 9.17) is 0 Å². The molecule has 1 aromatic heterocycles. The van der Waals surface area contributed by atoms with Gasteiger partial charge in [0, 0.05) is 17.6 Å². The van der Waals surface area contributed by atoms with Crippen molar-refractivity contribution >= 4 is 10.9 Å². The SMILES string of the molecule is CC1(C)CCCCC1NCCc1cccc2cccnc12. The van der Waals surface area contributed by atoms with E-state index in [1.54, 1.807) is 0 Å². The number of nitrogens with zero attached hydrogens (tertiary/aromatic N) is 1. The van der Waals surface area contributed by atoms with Crippen LogP contribution in [0, 0.1) is 5.41 Å². The number of nitrogens with one attached hydrogen (secondary N) is 1. The number of fused-ring (bicyclic) bond motifs is 1. The summed E-state index contributed by atoms with van der Waals surface area (Å²) in [7, 11) is 0. The highest BCUT2D eigenvalue weighted by molar-refractivity contribution is 5.81. The van der Waals surface area contributed by atoms with Crippen LogP contribution in [0.1, 0.15) is 45.1 Å². The van der Waals surface area contributed by atoms with Crippen LogP contribution in [0.15, 0.2) is 36.5 Å². The van der Waals surface area contributed by atoms with E-state index in [1.807, 2.05) is 12.3 Å². The maximum atomic E-state index is 4.55. The number of benzene rings is 1. The molecule has 0 radical (unpaired) electrons. The Labute approximate surface area is 128 Å². The molecule has 3 rings (SSSR count). The highest BCUT2D eigenvalue weighted by Gasteiger charge is 2.31. The summed E-state index contributed by atoms with van der Waals surface area (Å²) in [6, 6.07) is 11.3. The Kier molecular flexibility index (Phi) is 4.25. The maximum Gasteiger partial charge on any atom is 0.0734 e. The van der Waals surface area contributed by atoms with Crippen molar-refractivity contribution in [2.45, 2.75) is 52.0 Å². The first-order valence-electron chi connectivity index (χ1n) is 8.23. The molecule has 2 aromatic rings. The highest BCUT2D eigenvalue weighted by atomic mass is 14.9. The van der Waals surface area contributed by atoms with Crippen molar-refractivity contribution < 1.29 is 0 Å². The number of hydrogen-bond donors (Lipinski definition) is 1. The van der Waals surface area contributed by atoms with Gasteiger partial charge < -0.3 is 5.32 Å². The van der Waals surface area contributed by atoms with E-state index in [0.717, 1.165) is 18.5 Å². The van der Waals surface area contributed by atoms with Crippen LogP contribution in [-0.4, -0.2) is 17.6 Å². The summed E-state index contributed by atoms with van der Waals surface area (Å²) in [4.78, 5) is 4.55. The summed E-state index contributed by atoms with van der Waals surface area (Å²) in [5.74, 6) is 0. The Balaban J connectivity index is 1.64. The molecule has 1 unspecified atom stereocenters. The fraction of sp³-hybridized carbons (Fsp3) is 0.526. The normalized spacial score (nSPS) is 21.5. The second-order valence-corrected chi connectivity index (χ2v) is 6.98. The molecule has 112 valence electrons. The van der Waals surface area contributed by atoms with E-state index in [2.05, 4.69) is 48.4 Å². The predicted molar refractivity (Wildman–Crippen MR) is 89.5 cm³/mol. The molecule has 1 fully saturated rings. The average molecular weight is 282 g/mol. The smallest absolute Gasteiger partial charge is 0.0734 e. The van der Waals surface area contributed by atoms with Gasteiger partial charge in [-0.3, -0.25) is 4.98 Å². The van der Waals surface area contributed by atoms with Crippen molar-refractivity contribution in [3.63, 3.8) is 0 Å². The monoisotopic (exact) mass is 282 g/mol. The Morgan fingerprint density at radius 2 is 2.05 bits per heavy atom. The van der Waals surface area contributed by atoms with Crippen LogP contribution in [0.2, 0.25) is 0 Å². The number of hydrogen-bond acceptors (Lipinski definition) is 2. The molecule has 2 heteroatoms. The third kappa shape index (κ3) is 3.26. The van der Waals surface area contributed by atoms with Crippen molar-refractivity contribution in [3.05, 3.63) is 42.1 Å². The van der Waals surface area contributed by atoms with E-state index in [1.165, 1.54) is 36.6 Å². The zero-order valence-electron chi connectivity index (χ0n) is 13.2. The van der Waals surface area contributed by atoms with Gasteiger partial charge in [-0.2, -0.15) is 0 Å². The van der Waals surface area contributed by atoms with Gasteiger partial charge in [-0.1, -0.05) is 51.0 Å². The lowest BCUT2D eigenvalue weighted by atomic mass is 9.73. The van der Waals surface area contributed by atoms with E-state index in [-0.39, 0.29) is 0 Å². The van der Waals surface area contributed by atoms with Crippen LogP contribution in [0.4, 0.5) is 0 Å². The third-order valence-electron chi connectivity index (χ3n) is 5.01. The molecule has 0 spiro atoms. The number of aromatic nitrogens is 1. The van der Waals surface area contributed by atoms with Crippen LogP contribution in [0.3, 0.4) is 0 Å². The van der Waals surface area contributed by atoms with Crippen LogP contribution in [-0.2, 0) is 6.42 Å². The molecular weight excluding hydrogens is 256 g/mol. The molecule has 1 aliphatic rings. The van der Waals surface area contributed by atoms with E-state index < -0.39 is 0 Å². The molecule has 21 heavy (non-hydrogen) atoms. The van der Waals surface area contributed by atoms with Gasteiger partial charge in [0.05, 0.1) is 5.52 Å². The topological polar surface area (TPSA) is 24.9 Å². The first kappa shape index (κ1) is 14.5. The second-order valence-electron chi connectivity index (χ2n) is 6.98. The van der Waals surface area contributed by atoms with Gasteiger partial charge in [0.2, 0.25) is 0 Å². The summed E-state index contributed by atoms with van der Waals surface area (Å²) in [5, 5.41) is 5.04. The van der Waals surface area contributed by atoms with Gasteiger partial charge in [0.25, 0.3) is 0 Å². The van der Waals surface area contributed by atoms with Gasteiger partial charge in [-0.25, -0.2) is 0 Å². The Morgan fingerprint density at radius 3 is 2.90 bits per heavy atom. The molecule has 0 bridgehead atoms. The standard InChI is InChI=1S/C19H26N2/c1-19(2)12-4-3-10-17(19)20-14-11-16-8-5-7-15-9-6-13-21-18(15)16/h5-9,13,17,20H,3-4,10-12,14H2,1-2H3. The minimum Gasteiger partial charge on any atom is -0.313 e. The van der Waals surface area contributed by atoms with Crippen molar-refractivity contribution in [1.29, 1.82) is 0 Å².